The average molecular weight is 186 g/mol. The Morgan fingerprint density at radius 2 is 1.92 bits per heavy atom. The highest BCUT2D eigenvalue weighted by molar-refractivity contribution is 7.81. The molecule has 0 bridgehead atoms. The molecular weight excluding hydrogens is 164 g/mol. The Bertz CT molecular complexity index is 140. The van der Waals surface area contributed by atoms with Gasteiger partial charge in [0.1, 0.15) is 0 Å². The maximum atomic E-state index is 4.65. The third-order valence-corrected chi connectivity index (χ3v) is 3.90. The van der Waals surface area contributed by atoms with Gasteiger partial charge in [0.25, 0.3) is 0 Å². The van der Waals surface area contributed by atoms with Crippen LogP contribution >= 0.6 is 12.6 Å². The Balaban J connectivity index is 2.53. The van der Waals surface area contributed by atoms with E-state index in [1.807, 2.05) is 0 Å². The van der Waals surface area contributed by atoms with Crippen LogP contribution in [0.25, 0.3) is 0 Å². The summed E-state index contributed by atoms with van der Waals surface area (Å²) in [6.07, 6.45) is 6.85. The van der Waals surface area contributed by atoms with Crippen LogP contribution in [0.3, 0.4) is 0 Å². The average Bonchev–Trinajstić information content (AvgIpc) is 1.95. The Hall–Kier alpha value is 0.350. The summed E-state index contributed by atoms with van der Waals surface area (Å²) in [6.45, 7) is 7.15. The van der Waals surface area contributed by atoms with E-state index in [1.54, 1.807) is 0 Å². The molecule has 1 rings (SSSR count). The van der Waals surface area contributed by atoms with Crippen molar-refractivity contribution in [1.29, 1.82) is 0 Å². The van der Waals surface area contributed by atoms with E-state index in [-0.39, 0.29) is 0 Å². The molecule has 12 heavy (non-hydrogen) atoms. The molecular formula is C11H22S. The van der Waals surface area contributed by atoms with E-state index in [0.29, 0.717) is 10.7 Å². The summed E-state index contributed by atoms with van der Waals surface area (Å²) in [5, 5.41) is 0.643. The number of thiol groups is 1. The lowest BCUT2D eigenvalue weighted by molar-refractivity contribution is 0.225. The van der Waals surface area contributed by atoms with Crippen LogP contribution in [0.2, 0.25) is 0 Å². The van der Waals surface area contributed by atoms with Crippen LogP contribution in [0.4, 0.5) is 0 Å². The van der Waals surface area contributed by atoms with Gasteiger partial charge < -0.3 is 0 Å². The SMILES string of the molecule is CC1CC(C)(C)CCCCC1S. The predicted molar refractivity (Wildman–Crippen MR) is 58.8 cm³/mol. The Labute approximate surface area is 82.5 Å². The molecule has 0 nitrogen and oxygen atoms in total. The van der Waals surface area contributed by atoms with Crippen LogP contribution in [-0.4, -0.2) is 5.25 Å². The summed E-state index contributed by atoms with van der Waals surface area (Å²) in [5.74, 6) is 0.795. The standard InChI is InChI=1S/C11H22S/c1-9-8-11(2,3)7-5-4-6-10(9)12/h9-10,12H,4-8H2,1-3H3. The lowest BCUT2D eigenvalue weighted by Crippen LogP contribution is -2.24. The van der Waals surface area contributed by atoms with Crippen LogP contribution in [0.5, 0.6) is 0 Å². The fourth-order valence-corrected chi connectivity index (χ4v) is 2.64. The van der Waals surface area contributed by atoms with E-state index in [9.17, 15) is 0 Å². The van der Waals surface area contributed by atoms with Gasteiger partial charge in [-0.3, -0.25) is 0 Å². The van der Waals surface area contributed by atoms with Crippen LogP contribution < -0.4 is 0 Å². The molecule has 0 spiro atoms. The van der Waals surface area contributed by atoms with Gasteiger partial charge in [-0.15, -0.1) is 0 Å². The van der Waals surface area contributed by atoms with Crippen molar-refractivity contribution in [2.24, 2.45) is 11.3 Å². The van der Waals surface area contributed by atoms with Crippen LogP contribution in [0, 0.1) is 11.3 Å². The van der Waals surface area contributed by atoms with Gasteiger partial charge in [0.2, 0.25) is 0 Å². The summed E-state index contributed by atoms with van der Waals surface area (Å²) in [7, 11) is 0. The normalized spacial score (nSPS) is 37.0. The molecule has 0 radical (unpaired) electrons. The van der Waals surface area contributed by atoms with E-state index >= 15 is 0 Å². The highest BCUT2D eigenvalue weighted by Gasteiger charge is 2.26. The number of hydrogen-bond donors (Lipinski definition) is 1. The van der Waals surface area contributed by atoms with Crippen LogP contribution in [-0.2, 0) is 0 Å². The molecule has 0 aromatic heterocycles. The van der Waals surface area contributed by atoms with Gasteiger partial charge >= 0.3 is 0 Å². The van der Waals surface area contributed by atoms with Crippen molar-refractivity contribution < 1.29 is 0 Å². The van der Waals surface area contributed by atoms with Crippen molar-refractivity contribution in [2.75, 3.05) is 0 Å². The smallest absolute Gasteiger partial charge is 0.00426 e. The molecule has 0 aromatic rings. The van der Waals surface area contributed by atoms with E-state index in [1.165, 1.54) is 32.1 Å². The lowest BCUT2D eigenvalue weighted by Gasteiger charge is -2.33. The minimum atomic E-state index is 0.556. The first-order valence-corrected chi connectivity index (χ1v) is 5.71. The van der Waals surface area contributed by atoms with E-state index in [4.69, 9.17) is 0 Å². The molecule has 0 saturated heterocycles. The predicted octanol–water partition coefficient (Wildman–Crippen LogP) is 3.91. The first-order valence-electron chi connectivity index (χ1n) is 5.19. The third kappa shape index (κ3) is 3.01. The molecule has 1 fully saturated rings. The zero-order valence-corrected chi connectivity index (χ0v) is 9.53. The van der Waals surface area contributed by atoms with Gasteiger partial charge in [0.05, 0.1) is 0 Å². The van der Waals surface area contributed by atoms with Crippen molar-refractivity contribution >= 4 is 12.6 Å². The molecule has 0 aromatic carbocycles. The van der Waals surface area contributed by atoms with Crippen molar-refractivity contribution in [3.8, 4) is 0 Å². The van der Waals surface area contributed by atoms with Crippen molar-refractivity contribution in [1.82, 2.24) is 0 Å². The zero-order valence-electron chi connectivity index (χ0n) is 8.64. The van der Waals surface area contributed by atoms with Gasteiger partial charge in [-0.2, -0.15) is 12.6 Å². The summed E-state index contributed by atoms with van der Waals surface area (Å²) in [4.78, 5) is 0. The van der Waals surface area contributed by atoms with Crippen molar-refractivity contribution in [3.63, 3.8) is 0 Å². The lowest BCUT2D eigenvalue weighted by atomic mass is 9.75. The van der Waals surface area contributed by atoms with Gasteiger partial charge in [-0.25, -0.2) is 0 Å². The van der Waals surface area contributed by atoms with Crippen LogP contribution in [0.1, 0.15) is 52.9 Å². The number of hydrogen-bond acceptors (Lipinski definition) is 1. The van der Waals surface area contributed by atoms with Gasteiger partial charge in [0, 0.05) is 5.25 Å². The first kappa shape index (κ1) is 10.4. The third-order valence-electron chi connectivity index (χ3n) is 3.13. The summed E-state index contributed by atoms with van der Waals surface area (Å²) in [5.41, 5.74) is 0.556. The molecule has 1 aliphatic rings. The van der Waals surface area contributed by atoms with E-state index < -0.39 is 0 Å². The quantitative estimate of drug-likeness (QED) is 0.545. The molecule has 2 unspecified atom stereocenters. The summed E-state index contributed by atoms with van der Waals surface area (Å²) < 4.78 is 0. The van der Waals surface area contributed by atoms with Gasteiger partial charge in [-0.05, 0) is 30.6 Å². The highest BCUT2D eigenvalue weighted by Crippen LogP contribution is 2.37. The fraction of sp³-hybridized carbons (Fsp3) is 1.00. The molecule has 72 valence electrons. The first-order chi connectivity index (χ1) is 5.51. The van der Waals surface area contributed by atoms with Gasteiger partial charge in [0.15, 0.2) is 0 Å². The van der Waals surface area contributed by atoms with Gasteiger partial charge in [-0.1, -0.05) is 33.6 Å². The molecule has 1 saturated carbocycles. The minimum Gasteiger partial charge on any atom is -0.176 e. The highest BCUT2D eigenvalue weighted by atomic mass is 32.1. The van der Waals surface area contributed by atoms with E-state index in [0.717, 1.165) is 5.92 Å². The molecule has 0 heterocycles. The Morgan fingerprint density at radius 1 is 1.25 bits per heavy atom. The van der Waals surface area contributed by atoms with E-state index in [2.05, 4.69) is 33.4 Å². The Morgan fingerprint density at radius 3 is 2.58 bits per heavy atom. The maximum Gasteiger partial charge on any atom is 0.00426 e. The zero-order chi connectivity index (χ0) is 9.19. The second kappa shape index (κ2) is 4.04. The fourth-order valence-electron chi connectivity index (χ4n) is 2.35. The molecule has 0 N–H and O–H groups in total. The topological polar surface area (TPSA) is 0 Å². The molecule has 1 heteroatoms. The largest absolute Gasteiger partial charge is 0.176 e. The number of rotatable bonds is 0. The molecule has 1 aliphatic carbocycles. The summed E-state index contributed by atoms with van der Waals surface area (Å²) in [6, 6.07) is 0. The maximum absolute atomic E-state index is 4.65. The van der Waals surface area contributed by atoms with Crippen molar-refractivity contribution in [3.05, 3.63) is 0 Å². The second-order valence-electron chi connectivity index (χ2n) is 5.16. The molecule has 0 amide bonds. The second-order valence-corrected chi connectivity index (χ2v) is 5.82. The Kier molecular flexibility index (Phi) is 3.51. The monoisotopic (exact) mass is 186 g/mol. The molecule has 0 aliphatic heterocycles. The van der Waals surface area contributed by atoms with Crippen LogP contribution in [0.15, 0.2) is 0 Å². The summed E-state index contributed by atoms with van der Waals surface area (Å²) >= 11 is 4.65. The van der Waals surface area contributed by atoms with Crippen molar-refractivity contribution in [2.45, 2.75) is 58.1 Å². The molecule has 2 atom stereocenters. The minimum absolute atomic E-state index is 0.556.